The van der Waals surface area contributed by atoms with Crippen molar-refractivity contribution in [2.24, 2.45) is 5.73 Å². The lowest BCUT2D eigenvalue weighted by atomic mass is 10.1. The van der Waals surface area contributed by atoms with Crippen molar-refractivity contribution < 1.29 is 19.1 Å². The first-order chi connectivity index (χ1) is 14.4. The summed E-state index contributed by atoms with van der Waals surface area (Å²) in [5.41, 5.74) is 7.31. The Morgan fingerprint density at radius 3 is 2.43 bits per heavy atom. The van der Waals surface area contributed by atoms with Gasteiger partial charge in [-0.2, -0.15) is 5.10 Å². The van der Waals surface area contributed by atoms with Crippen molar-refractivity contribution in [3.63, 3.8) is 0 Å². The lowest BCUT2D eigenvalue weighted by Crippen LogP contribution is -2.37. The Labute approximate surface area is 181 Å². The van der Waals surface area contributed by atoms with Gasteiger partial charge < -0.3 is 15.4 Å². The second kappa shape index (κ2) is 9.84. The molecule has 0 aliphatic rings. The summed E-state index contributed by atoms with van der Waals surface area (Å²) >= 11 is 3.36. The minimum atomic E-state index is -0.706. The molecular formula is C21H19BrN4O4. The van der Waals surface area contributed by atoms with Crippen LogP contribution in [0.2, 0.25) is 0 Å². The van der Waals surface area contributed by atoms with E-state index in [1.807, 2.05) is 30.3 Å². The lowest BCUT2D eigenvalue weighted by molar-refractivity contribution is -0.121. The summed E-state index contributed by atoms with van der Waals surface area (Å²) in [6.07, 6.45) is -0.00825. The number of carbonyl (C=O) groups is 3. The van der Waals surface area contributed by atoms with Gasteiger partial charge in [0.15, 0.2) is 6.61 Å². The number of nitrogens with one attached hydrogen (secondary N) is 1. The molecule has 0 spiro atoms. The van der Waals surface area contributed by atoms with Gasteiger partial charge in [-0.25, -0.2) is 4.79 Å². The number of aromatic amines is 1. The standard InChI is InChI=1S/C21H19BrN4O4/c22-15-8-6-14(7-9-15)17-12-18(25-24-17)21(29)30-13-20(28)26(11-10-19(23)27)16-4-2-1-3-5-16/h1-9,12H,10-11,13H2,(H2,23,27)(H,24,25). The van der Waals surface area contributed by atoms with Crippen molar-refractivity contribution in [2.45, 2.75) is 6.42 Å². The number of ether oxygens (including phenoxy) is 1. The Kier molecular flexibility index (Phi) is 6.97. The number of anilines is 1. The van der Waals surface area contributed by atoms with E-state index >= 15 is 0 Å². The van der Waals surface area contributed by atoms with E-state index in [0.717, 1.165) is 10.0 Å². The van der Waals surface area contributed by atoms with Crippen molar-refractivity contribution in [2.75, 3.05) is 18.1 Å². The van der Waals surface area contributed by atoms with Crippen LogP contribution in [-0.4, -0.2) is 41.1 Å². The van der Waals surface area contributed by atoms with E-state index in [0.29, 0.717) is 11.4 Å². The van der Waals surface area contributed by atoms with Crippen LogP contribution in [0.4, 0.5) is 5.69 Å². The summed E-state index contributed by atoms with van der Waals surface area (Å²) in [6, 6.07) is 17.8. The van der Waals surface area contributed by atoms with Crippen LogP contribution in [-0.2, 0) is 14.3 Å². The molecule has 1 aromatic heterocycles. The van der Waals surface area contributed by atoms with E-state index in [2.05, 4.69) is 26.1 Å². The zero-order valence-electron chi connectivity index (χ0n) is 15.9. The minimum absolute atomic E-state index is 0.00825. The van der Waals surface area contributed by atoms with E-state index in [9.17, 15) is 14.4 Å². The molecule has 0 bridgehead atoms. The van der Waals surface area contributed by atoms with Gasteiger partial charge in [0.25, 0.3) is 5.91 Å². The summed E-state index contributed by atoms with van der Waals surface area (Å²) in [7, 11) is 0. The number of rotatable bonds is 8. The highest BCUT2D eigenvalue weighted by molar-refractivity contribution is 9.10. The van der Waals surface area contributed by atoms with E-state index in [1.54, 1.807) is 30.3 Å². The van der Waals surface area contributed by atoms with Crippen LogP contribution in [0.1, 0.15) is 16.9 Å². The Morgan fingerprint density at radius 2 is 1.77 bits per heavy atom. The zero-order valence-corrected chi connectivity index (χ0v) is 17.5. The van der Waals surface area contributed by atoms with E-state index in [1.165, 1.54) is 4.90 Å². The number of amides is 2. The highest BCUT2D eigenvalue weighted by Gasteiger charge is 2.20. The van der Waals surface area contributed by atoms with Crippen molar-refractivity contribution in [3.8, 4) is 11.3 Å². The maximum absolute atomic E-state index is 12.6. The number of benzene rings is 2. The largest absolute Gasteiger partial charge is 0.451 e. The van der Waals surface area contributed by atoms with Crippen molar-refractivity contribution in [1.29, 1.82) is 0 Å². The minimum Gasteiger partial charge on any atom is -0.451 e. The number of H-pyrrole nitrogens is 1. The molecule has 0 atom stereocenters. The summed E-state index contributed by atoms with van der Waals surface area (Å²) in [6.45, 7) is -0.396. The number of nitrogens with zero attached hydrogens (tertiary/aromatic N) is 2. The van der Waals surface area contributed by atoms with Crippen LogP contribution in [0, 0.1) is 0 Å². The van der Waals surface area contributed by atoms with E-state index < -0.39 is 24.4 Å². The van der Waals surface area contributed by atoms with Gasteiger partial charge in [0.05, 0.1) is 5.69 Å². The Morgan fingerprint density at radius 1 is 1.07 bits per heavy atom. The number of aromatic nitrogens is 2. The molecule has 0 fully saturated rings. The first kappa shape index (κ1) is 21.3. The molecule has 2 amide bonds. The molecule has 8 nitrogen and oxygen atoms in total. The lowest BCUT2D eigenvalue weighted by Gasteiger charge is -2.22. The first-order valence-corrected chi connectivity index (χ1v) is 9.85. The molecule has 0 radical (unpaired) electrons. The van der Waals surface area contributed by atoms with Crippen molar-refractivity contribution >= 4 is 39.4 Å². The molecule has 0 saturated carbocycles. The first-order valence-electron chi connectivity index (χ1n) is 9.06. The molecule has 0 aliphatic carbocycles. The molecule has 30 heavy (non-hydrogen) atoms. The van der Waals surface area contributed by atoms with Crippen LogP contribution in [0.3, 0.4) is 0 Å². The van der Waals surface area contributed by atoms with Crippen LogP contribution < -0.4 is 10.6 Å². The predicted molar refractivity (Wildman–Crippen MR) is 115 cm³/mol. The average Bonchev–Trinajstić information content (AvgIpc) is 3.23. The highest BCUT2D eigenvalue weighted by atomic mass is 79.9. The Bertz CT molecular complexity index is 1030. The molecule has 9 heteroatoms. The Balaban J connectivity index is 1.64. The molecular weight excluding hydrogens is 452 g/mol. The smallest absolute Gasteiger partial charge is 0.356 e. The number of nitrogens with two attached hydrogens (primary N) is 1. The maximum atomic E-state index is 12.6. The quantitative estimate of drug-likeness (QED) is 0.490. The second-order valence-electron chi connectivity index (χ2n) is 6.35. The van der Waals surface area contributed by atoms with Gasteiger partial charge in [-0.1, -0.05) is 46.3 Å². The van der Waals surface area contributed by atoms with Gasteiger partial charge in [0, 0.05) is 28.7 Å². The van der Waals surface area contributed by atoms with Crippen molar-refractivity contribution in [3.05, 3.63) is 70.8 Å². The number of carbonyl (C=O) groups excluding carboxylic acids is 3. The van der Waals surface area contributed by atoms with E-state index in [4.69, 9.17) is 10.5 Å². The number of para-hydroxylation sites is 1. The summed E-state index contributed by atoms with van der Waals surface area (Å²) in [5, 5.41) is 6.73. The molecule has 154 valence electrons. The number of hydrogen-bond acceptors (Lipinski definition) is 5. The van der Waals surface area contributed by atoms with Crippen LogP contribution >= 0.6 is 15.9 Å². The fourth-order valence-corrected chi connectivity index (χ4v) is 2.97. The van der Waals surface area contributed by atoms with Gasteiger partial charge in [0.1, 0.15) is 5.69 Å². The Hall–Kier alpha value is -3.46. The van der Waals surface area contributed by atoms with Gasteiger partial charge in [0.2, 0.25) is 5.91 Å². The summed E-state index contributed by atoms with van der Waals surface area (Å²) < 4.78 is 6.07. The monoisotopic (exact) mass is 470 g/mol. The van der Waals surface area contributed by atoms with Crippen molar-refractivity contribution in [1.82, 2.24) is 10.2 Å². The number of esters is 1. The molecule has 3 aromatic rings. The number of hydrogen-bond donors (Lipinski definition) is 2. The van der Waals surface area contributed by atoms with Gasteiger partial charge in [-0.05, 0) is 30.3 Å². The summed E-state index contributed by atoms with van der Waals surface area (Å²) in [5.74, 6) is -1.70. The molecule has 0 saturated heterocycles. The van der Waals surface area contributed by atoms with Gasteiger partial charge >= 0.3 is 5.97 Å². The topological polar surface area (TPSA) is 118 Å². The summed E-state index contributed by atoms with van der Waals surface area (Å²) in [4.78, 5) is 37.4. The molecule has 3 rings (SSSR count). The SMILES string of the molecule is NC(=O)CCN(C(=O)COC(=O)c1cc(-c2ccc(Br)cc2)n[nH]1)c1ccccc1. The highest BCUT2D eigenvalue weighted by Crippen LogP contribution is 2.21. The molecule has 1 heterocycles. The van der Waals surface area contributed by atoms with Gasteiger partial charge in [-0.15, -0.1) is 0 Å². The second-order valence-corrected chi connectivity index (χ2v) is 7.26. The maximum Gasteiger partial charge on any atom is 0.356 e. The van der Waals surface area contributed by atoms with Crippen LogP contribution in [0.25, 0.3) is 11.3 Å². The number of primary amides is 1. The molecule has 0 unspecified atom stereocenters. The van der Waals surface area contributed by atoms with Gasteiger partial charge in [-0.3, -0.25) is 14.7 Å². The van der Waals surface area contributed by atoms with E-state index in [-0.39, 0.29) is 18.7 Å². The van der Waals surface area contributed by atoms with Crippen LogP contribution in [0.5, 0.6) is 0 Å². The fourth-order valence-electron chi connectivity index (χ4n) is 2.71. The molecule has 0 aliphatic heterocycles. The zero-order chi connectivity index (χ0) is 21.5. The predicted octanol–water partition coefficient (Wildman–Crippen LogP) is 2.90. The third-order valence-electron chi connectivity index (χ3n) is 4.22. The third-order valence-corrected chi connectivity index (χ3v) is 4.74. The average molecular weight is 471 g/mol. The molecule has 3 N–H and O–H groups in total. The normalized spacial score (nSPS) is 10.4. The molecule has 2 aromatic carbocycles. The third kappa shape index (κ3) is 5.54. The number of halogens is 1. The fraction of sp³-hybridized carbons (Fsp3) is 0.143. The van der Waals surface area contributed by atoms with Crippen LogP contribution in [0.15, 0.2) is 65.1 Å².